The highest BCUT2D eigenvalue weighted by molar-refractivity contribution is 7.89. The van der Waals surface area contributed by atoms with E-state index in [0.717, 1.165) is 18.2 Å². The van der Waals surface area contributed by atoms with Crippen LogP contribution in [0.3, 0.4) is 0 Å². The van der Waals surface area contributed by atoms with Crippen LogP contribution < -0.4 is 10.5 Å². The molecule has 1 aliphatic rings. The number of benzene rings is 2. The van der Waals surface area contributed by atoms with Gasteiger partial charge in [0.15, 0.2) is 0 Å². The number of amides is 1. The van der Waals surface area contributed by atoms with Crippen LogP contribution in [-0.4, -0.2) is 14.3 Å². The molecule has 23 heavy (non-hydrogen) atoms. The van der Waals surface area contributed by atoms with E-state index < -0.39 is 27.6 Å². The van der Waals surface area contributed by atoms with Gasteiger partial charge in [-0.2, -0.15) is 0 Å². The van der Waals surface area contributed by atoms with Crippen molar-refractivity contribution >= 4 is 33.3 Å². The first-order chi connectivity index (χ1) is 10.8. The molecular weight excluding hydrogens is 326 g/mol. The lowest BCUT2D eigenvalue weighted by Crippen LogP contribution is -2.12. The number of nitrogens with one attached hydrogen (secondary N) is 1. The Kier molecular flexibility index (Phi) is 3.50. The fourth-order valence-electron chi connectivity index (χ4n) is 2.28. The number of carbonyl (C=O) groups excluding carboxylic acids is 1. The highest BCUT2D eigenvalue weighted by Gasteiger charge is 2.26. The van der Waals surface area contributed by atoms with Crippen LogP contribution in [0.4, 0.5) is 14.5 Å². The number of anilines is 1. The number of fused-ring (bicyclic) bond motifs is 1. The molecule has 0 unspecified atom stereocenters. The first kappa shape index (κ1) is 15.3. The maximum Gasteiger partial charge on any atom is 0.256 e. The van der Waals surface area contributed by atoms with Crippen molar-refractivity contribution in [2.24, 2.45) is 5.14 Å². The molecule has 0 radical (unpaired) electrons. The molecular formula is C15H10F2N2O3S. The topological polar surface area (TPSA) is 89.3 Å². The van der Waals surface area contributed by atoms with Crippen LogP contribution in [0.2, 0.25) is 0 Å². The number of nitrogens with two attached hydrogens (primary N) is 1. The molecule has 3 N–H and O–H groups in total. The van der Waals surface area contributed by atoms with E-state index >= 15 is 0 Å². The third-order valence-corrected chi connectivity index (χ3v) is 4.30. The normalized spacial score (nSPS) is 15.6. The van der Waals surface area contributed by atoms with Crippen molar-refractivity contribution < 1.29 is 22.0 Å². The Balaban J connectivity index is 2.20. The van der Waals surface area contributed by atoms with Gasteiger partial charge in [-0.3, -0.25) is 4.79 Å². The molecule has 5 nitrogen and oxygen atoms in total. The smallest absolute Gasteiger partial charge is 0.256 e. The number of carbonyl (C=O) groups is 1. The minimum Gasteiger partial charge on any atom is -0.321 e. The zero-order chi connectivity index (χ0) is 16.8. The van der Waals surface area contributed by atoms with Crippen molar-refractivity contribution in [3.05, 3.63) is 59.2 Å². The van der Waals surface area contributed by atoms with Crippen LogP contribution in [0.1, 0.15) is 11.1 Å². The van der Waals surface area contributed by atoms with Gasteiger partial charge in [0.2, 0.25) is 10.0 Å². The molecule has 0 aromatic heterocycles. The molecule has 0 spiro atoms. The van der Waals surface area contributed by atoms with Gasteiger partial charge < -0.3 is 5.32 Å². The summed E-state index contributed by atoms with van der Waals surface area (Å²) in [7, 11) is -3.97. The van der Waals surface area contributed by atoms with Crippen molar-refractivity contribution in [3.63, 3.8) is 0 Å². The highest BCUT2D eigenvalue weighted by atomic mass is 32.2. The molecule has 0 saturated carbocycles. The summed E-state index contributed by atoms with van der Waals surface area (Å²) in [5.74, 6) is -2.25. The summed E-state index contributed by atoms with van der Waals surface area (Å²) in [4.78, 5) is 11.8. The molecule has 0 atom stereocenters. The van der Waals surface area contributed by atoms with Crippen molar-refractivity contribution in [1.29, 1.82) is 0 Å². The van der Waals surface area contributed by atoms with Gasteiger partial charge in [0.25, 0.3) is 5.91 Å². The largest absolute Gasteiger partial charge is 0.321 e. The summed E-state index contributed by atoms with van der Waals surface area (Å²) in [6.07, 6.45) is 1.04. The minimum atomic E-state index is -3.97. The van der Waals surface area contributed by atoms with Gasteiger partial charge >= 0.3 is 0 Å². The lowest BCUT2D eigenvalue weighted by Gasteiger charge is -2.03. The molecule has 1 aliphatic heterocycles. The second kappa shape index (κ2) is 5.25. The Morgan fingerprint density at radius 2 is 1.74 bits per heavy atom. The Labute approximate surface area is 130 Å². The van der Waals surface area contributed by atoms with E-state index in [1.54, 1.807) is 0 Å². The van der Waals surface area contributed by atoms with E-state index in [9.17, 15) is 22.0 Å². The minimum absolute atomic E-state index is 0.0468. The Morgan fingerprint density at radius 1 is 1.09 bits per heavy atom. The van der Waals surface area contributed by atoms with E-state index in [1.165, 1.54) is 24.3 Å². The summed E-state index contributed by atoms with van der Waals surface area (Å²) in [5, 5.41) is 7.56. The summed E-state index contributed by atoms with van der Waals surface area (Å²) in [5.41, 5.74) is 0.121. The van der Waals surface area contributed by atoms with Crippen molar-refractivity contribution in [3.8, 4) is 0 Å². The van der Waals surface area contributed by atoms with E-state index in [-0.39, 0.29) is 21.6 Å². The van der Waals surface area contributed by atoms with Crippen molar-refractivity contribution in [2.45, 2.75) is 4.90 Å². The van der Waals surface area contributed by atoms with Gasteiger partial charge in [-0.15, -0.1) is 0 Å². The molecule has 1 amide bonds. The van der Waals surface area contributed by atoms with Gasteiger partial charge in [0.1, 0.15) is 11.6 Å². The van der Waals surface area contributed by atoms with Gasteiger partial charge in [-0.25, -0.2) is 22.3 Å². The first-order valence-electron chi connectivity index (χ1n) is 6.41. The zero-order valence-corrected chi connectivity index (χ0v) is 12.3. The number of halogens is 2. The van der Waals surface area contributed by atoms with Crippen LogP contribution in [-0.2, 0) is 14.8 Å². The maximum absolute atomic E-state index is 13.7. The van der Waals surface area contributed by atoms with Gasteiger partial charge in [0.05, 0.1) is 4.90 Å². The maximum atomic E-state index is 13.7. The summed E-state index contributed by atoms with van der Waals surface area (Å²) >= 11 is 0. The van der Waals surface area contributed by atoms with E-state index in [1.807, 2.05) is 0 Å². The van der Waals surface area contributed by atoms with E-state index in [0.29, 0.717) is 5.69 Å². The van der Waals surface area contributed by atoms with Crippen LogP contribution >= 0.6 is 0 Å². The number of rotatable bonds is 2. The van der Waals surface area contributed by atoms with E-state index in [4.69, 9.17) is 5.14 Å². The SMILES string of the molecule is NS(=O)(=O)c1ccc2c(c1)/C(=C\c1c(F)cccc1F)C(=O)N2. The fraction of sp³-hybridized carbons (Fsp3) is 0. The summed E-state index contributed by atoms with van der Waals surface area (Å²) in [6, 6.07) is 7.11. The number of hydrogen-bond donors (Lipinski definition) is 2. The van der Waals surface area contributed by atoms with Crippen LogP contribution in [0.25, 0.3) is 11.6 Å². The quantitative estimate of drug-likeness (QED) is 0.823. The van der Waals surface area contributed by atoms with Crippen molar-refractivity contribution in [1.82, 2.24) is 0 Å². The zero-order valence-electron chi connectivity index (χ0n) is 11.5. The monoisotopic (exact) mass is 336 g/mol. The van der Waals surface area contributed by atoms with Crippen molar-refractivity contribution in [2.75, 3.05) is 5.32 Å². The molecule has 0 bridgehead atoms. The molecule has 8 heteroatoms. The number of primary sulfonamides is 1. The first-order valence-corrected chi connectivity index (χ1v) is 7.96. The molecule has 2 aromatic carbocycles. The average Bonchev–Trinajstić information content (AvgIpc) is 2.77. The predicted octanol–water partition coefficient (Wildman–Crippen LogP) is 2.10. The fourth-order valence-corrected chi connectivity index (χ4v) is 2.82. The summed E-state index contributed by atoms with van der Waals surface area (Å²) < 4.78 is 50.3. The number of sulfonamides is 1. The van der Waals surface area contributed by atoms with Crippen LogP contribution in [0, 0.1) is 11.6 Å². The third-order valence-electron chi connectivity index (χ3n) is 3.39. The molecule has 0 aliphatic carbocycles. The second-order valence-electron chi connectivity index (χ2n) is 4.90. The second-order valence-corrected chi connectivity index (χ2v) is 6.46. The van der Waals surface area contributed by atoms with E-state index in [2.05, 4.69) is 5.32 Å². The predicted molar refractivity (Wildman–Crippen MR) is 80.7 cm³/mol. The molecule has 118 valence electrons. The van der Waals surface area contributed by atoms with Gasteiger partial charge in [-0.1, -0.05) is 6.07 Å². The molecule has 3 rings (SSSR count). The van der Waals surface area contributed by atoms with Crippen LogP contribution in [0.5, 0.6) is 0 Å². The average molecular weight is 336 g/mol. The molecule has 0 fully saturated rings. The summed E-state index contributed by atoms with van der Waals surface area (Å²) in [6.45, 7) is 0. The highest BCUT2D eigenvalue weighted by Crippen LogP contribution is 2.35. The molecule has 1 heterocycles. The Hall–Kier alpha value is -2.58. The lowest BCUT2D eigenvalue weighted by atomic mass is 10.0. The Morgan fingerprint density at radius 3 is 2.35 bits per heavy atom. The van der Waals surface area contributed by atoms with Crippen LogP contribution in [0.15, 0.2) is 41.3 Å². The standard InChI is InChI=1S/C15H10F2N2O3S/c16-12-2-1-3-13(17)11(12)7-10-9-6-8(23(18,21)22)4-5-14(9)19-15(10)20/h1-7H,(H,19,20)(H2,18,21,22)/b10-7+. The lowest BCUT2D eigenvalue weighted by molar-refractivity contribution is -0.110. The van der Waals surface area contributed by atoms with Gasteiger partial charge in [0, 0.05) is 22.4 Å². The molecule has 2 aromatic rings. The Bertz CT molecular complexity index is 948. The third kappa shape index (κ3) is 2.73. The van der Waals surface area contributed by atoms with Gasteiger partial charge in [-0.05, 0) is 36.4 Å². The molecule has 0 saturated heterocycles. The number of hydrogen-bond acceptors (Lipinski definition) is 3.